The van der Waals surface area contributed by atoms with Gasteiger partial charge in [0.25, 0.3) is 0 Å². The molecule has 5 nitrogen and oxygen atoms in total. The predicted octanol–water partition coefficient (Wildman–Crippen LogP) is 2.55. The van der Waals surface area contributed by atoms with Crippen molar-refractivity contribution in [2.75, 3.05) is 0 Å². The van der Waals surface area contributed by atoms with Gasteiger partial charge < -0.3 is 5.73 Å². The molecule has 1 heterocycles. The highest BCUT2D eigenvalue weighted by molar-refractivity contribution is 6.00. The van der Waals surface area contributed by atoms with Crippen molar-refractivity contribution < 1.29 is 9.59 Å². The molecule has 0 saturated heterocycles. The Morgan fingerprint density at radius 1 is 1.05 bits per heavy atom. The normalized spacial score (nSPS) is 21.5. The summed E-state index contributed by atoms with van der Waals surface area (Å²) < 4.78 is 0. The van der Waals surface area contributed by atoms with Crippen molar-refractivity contribution in [2.24, 2.45) is 17.6 Å². The zero-order valence-corrected chi connectivity index (χ0v) is 12.3. The molecule has 2 atom stereocenters. The molecule has 2 unspecified atom stereocenters. The van der Waals surface area contributed by atoms with Crippen LogP contribution in [0.3, 0.4) is 0 Å². The lowest BCUT2D eigenvalue weighted by atomic mass is 9.75. The Morgan fingerprint density at radius 3 is 2.32 bits per heavy atom. The number of hydrogen-bond donors (Lipinski definition) is 2. The molecule has 3 N–H and O–H groups in total. The molecule has 1 aliphatic rings. The fraction of sp³-hybridized carbons (Fsp3) is 0.353. The number of amides is 1. The Hall–Kier alpha value is -2.43. The Morgan fingerprint density at radius 2 is 1.73 bits per heavy atom. The maximum atomic E-state index is 12.7. The summed E-state index contributed by atoms with van der Waals surface area (Å²) in [5, 5.41) is 6.81. The van der Waals surface area contributed by atoms with Gasteiger partial charge in [-0.15, -0.1) is 0 Å². The number of nitrogens with one attached hydrogen (secondary N) is 1. The largest absolute Gasteiger partial charge is 0.369 e. The number of H-pyrrole nitrogens is 1. The average Bonchev–Trinajstić information content (AvgIpc) is 3.09. The third-order valence-corrected chi connectivity index (χ3v) is 4.45. The summed E-state index contributed by atoms with van der Waals surface area (Å²) in [5.74, 6) is -0.926. The lowest BCUT2D eigenvalue weighted by molar-refractivity contribution is -0.123. The number of nitrogens with two attached hydrogens (primary N) is 1. The minimum atomic E-state index is -0.355. The van der Waals surface area contributed by atoms with E-state index >= 15 is 0 Å². The van der Waals surface area contributed by atoms with Crippen LogP contribution in [0.15, 0.2) is 36.5 Å². The molecule has 1 aliphatic carbocycles. The molecule has 0 aliphatic heterocycles. The van der Waals surface area contributed by atoms with E-state index < -0.39 is 0 Å². The lowest BCUT2D eigenvalue weighted by Gasteiger charge is -2.28. The van der Waals surface area contributed by atoms with E-state index in [1.54, 1.807) is 6.20 Å². The molecule has 0 spiro atoms. The van der Waals surface area contributed by atoms with E-state index in [9.17, 15) is 9.59 Å². The molecular formula is C17H19N3O2. The summed E-state index contributed by atoms with van der Waals surface area (Å²) in [6.45, 7) is 0. The second-order valence-corrected chi connectivity index (χ2v) is 5.81. The smallest absolute Gasteiger partial charge is 0.221 e. The number of benzene rings is 1. The number of ketones is 1. The van der Waals surface area contributed by atoms with E-state index in [4.69, 9.17) is 5.73 Å². The molecule has 1 fully saturated rings. The number of Topliss-reactive ketones (excluding diaryl/α,β-unsaturated/α-hetero) is 1. The minimum Gasteiger partial charge on any atom is -0.369 e. The van der Waals surface area contributed by atoms with Gasteiger partial charge in [0, 0.05) is 23.6 Å². The molecule has 1 amide bonds. The first-order valence-corrected chi connectivity index (χ1v) is 7.60. The van der Waals surface area contributed by atoms with Crippen LogP contribution < -0.4 is 5.73 Å². The van der Waals surface area contributed by atoms with Gasteiger partial charge >= 0.3 is 0 Å². The Kier molecular flexibility index (Phi) is 4.04. The first kappa shape index (κ1) is 14.5. The van der Waals surface area contributed by atoms with E-state index in [-0.39, 0.29) is 23.5 Å². The molecule has 5 heteroatoms. The molecule has 114 valence electrons. The molecule has 1 aromatic heterocycles. The van der Waals surface area contributed by atoms with E-state index in [0.717, 1.165) is 36.9 Å². The first-order chi connectivity index (χ1) is 10.7. The van der Waals surface area contributed by atoms with Crippen LogP contribution in [-0.4, -0.2) is 21.9 Å². The third-order valence-electron chi connectivity index (χ3n) is 4.45. The van der Waals surface area contributed by atoms with Gasteiger partial charge in [-0.05, 0) is 24.5 Å². The van der Waals surface area contributed by atoms with Crippen molar-refractivity contribution in [1.82, 2.24) is 10.2 Å². The second kappa shape index (κ2) is 6.13. The standard InChI is InChI=1S/C17H19N3O2/c18-17(22)14-4-2-1-3-13(14)16(21)12-7-5-11(6-8-12)15-9-10-19-20-15/h5-10,13-14H,1-4H2,(H2,18,22)(H,19,20). The number of nitrogens with zero attached hydrogens (tertiary/aromatic N) is 1. The lowest BCUT2D eigenvalue weighted by Crippen LogP contribution is -2.36. The quantitative estimate of drug-likeness (QED) is 0.850. The topological polar surface area (TPSA) is 88.8 Å². The van der Waals surface area contributed by atoms with Crippen LogP contribution in [0.25, 0.3) is 11.3 Å². The van der Waals surface area contributed by atoms with Crippen molar-refractivity contribution in [1.29, 1.82) is 0 Å². The van der Waals surface area contributed by atoms with Gasteiger partial charge in [-0.1, -0.05) is 37.1 Å². The van der Waals surface area contributed by atoms with Crippen LogP contribution in [0.1, 0.15) is 36.0 Å². The van der Waals surface area contributed by atoms with Crippen LogP contribution in [-0.2, 0) is 4.79 Å². The summed E-state index contributed by atoms with van der Waals surface area (Å²) in [4.78, 5) is 24.3. The monoisotopic (exact) mass is 297 g/mol. The van der Waals surface area contributed by atoms with Gasteiger partial charge in [-0.25, -0.2) is 0 Å². The van der Waals surface area contributed by atoms with Gasteiger partial charge in [-0.2, -0.15) is 5.10 Å². The molecule has 0 bridgehead atoms. The van der Waals surface area contributed by atoms with E-state index in [2.05, 4.69) is 10.2 Å². The molecule has 1 aromatic carbocycles. The Labute approximate surface area is 128 Å². The highest BCUT2D eigenvalue weighted by atomic mass is 16.1. The molecule has 22 heavy (non-hydrogen) atoms. The maximum Gasteiger partial charge on any atom is 0.221 e. The fourth-order valence-electron chi connectivity index (χ4n) is 3.23. The summed E-state index contributed by atoms with van der Waals surface area (Å²) in [5.41, 5.74) is 7.98. The maximum absolute atomic E-state index is 12.7. The van der Waals surface area contributed by atoms with Gasteiger partial charge in [0.15, 0.2) is 5.78 Å². The van der Waals surface area contributed by atoms with Crippen LogP contribution in [0.5, 0.6) is 0 Å². The van der Waals surface area contributed by atoms with Crippen LogP contribution in [0, 0.1) is 11.8 Å². The number of rotatable bonds is 4. The molecular weight excluding hydrogens is 278 g/mol. The van der Waals surface area contributed by atoms with Crippen LogP contribution in [0.4, 0.5) is 0 Å². The van der Waals surface area contributed by atoms with E-state index in [1.807, 2.05) is 30.3 Å². The van der Waals surface area contributed by atoms with Crippen LogP contribution >= 0.6 is 0 Å². The fourth-order valence-corrected chi connectivity index (χ4v) is 3.23. The third kappa shape index (κ3) is 2.79. The number of hydrogen-bond acceptors (Lipinski definition) is 3. The summed E-state index contributed by atoms with van der Waals surface area (Å²) in [7, 11) is 0. The molecule has 3 rings (SSSR count). The highest BCUT2D eigenvalue weighted by Gasteiger charge is 2.34. The minimum absolute atomic E-state index is 0.0275. The molecule has 1 saturated carbocycles. The molecule has 0 radical (unpaired) electrons. The Bertz CT molecular complexity index is 662. The van der Waals surface area contributed by atoms with Gasteiger partial charge in [0.2, 0.25) is 5.91 Å². The summed E-state index contributed by atoms with van der Waals surface area (Å²) in [6, 6.07) is 9.28. The van der Waals surface area contributed by atoms with Crippen molar-refractivity contribution >= 4 is 11.7 Å². The van der Waals surface area contributed by atoms with Crippen molar-refractivity contribution in [3.63, 3.8) is 0 Å². The van der Waals surface area contributed by atoms with Crippen LogP contribution in [0.2, 0.25) is 0 Å². The number of carbonyl (C=O) groups is 2. The van der Waals surface area contributed by atoms with Gasteiger partial charge in [0.05, 0.1) is 5.69 Å². The number of aromatic amines is 1. The average molecular weight is 297 g/mol. The summed E-state index contributed by atoms with van der Waals surface area (Å²) >= 11 is 0. The second-order valence-electron chi connectivity index (χ2n) is 5.81. The van der Waals surface area contributed by atoms with Crippen molar-refractivity contribution in [3.8, 4) is 11.3 Å². The molecule has 2 aromatic rings. The van der Waals surface area contributed by atoms with Crippen molar-refractivity contribution in [3.05, 3.63) is 42.1 Å². The first-order valence-electron chi connectivity index (χ1n) is 7.60. The highest BCUT2D eigenvalue weighted by Crippen LogP contribution is 2.32. The van der Waals surface area contributed by atoms with Gasteiger partial charge in [0.1, 0.15) is 0 Å². The number of carbonyl (C=O) groups excluding carboxylic acids is 2. The Balaban J connectivity index is 1.81. The zero-order chi connectivity index (χ0) is 15.5. The van der Waals surface area contributed by atoms with E-state index in [1.165, 1.54) is 0 Å². The number of aromatic nitrogens is 2. The SMILES string of the molecule is NC(=O)C1CCCCC1C(=O)c1ccc(-c2ccn[nH]2)cc1. The summed E-state index contributed by atoms with van der Waals surface area (Å²) in [6.07, 6.45) is 5.10. The van der Waals surface area contributed by atoms with Crippen molar-refractivity contribution in [2.45, 2.75) is 25.7 Å². The predicted molar refractivity (Wildman–Crippen MR) is 83.0 cm³/mol. The van der Waals surface area contributed by atoms with Gasteiger partial charge in [-0.3, -0.25) is 14.7 Å². The van der Waals surface area contributed by atoms with E-state index in [0.29, 0.717) is 5.56 Å². The zero-order valence-electron chi connectivity index (χ0n) is 12.3. The number of primary amides is 1.